The topological polar surface area (TPSA) is 68.4 Å². The number of ether oxygens (including phenoxy) is 1. The number of halogens is 1. The van der Waals surface area contributed by atoms with E-state index in [1.54, 1.807) is 6.07 Å². The summed E-state index contributed by atoms with van der Waals surface area (Å²) >= 11 is 3.36. The quantitative estimate of drug-likeness (QED) is 0.915. The summed E-state index contributed by atoms with van der Waals surface area (Å²) in [7, 11) is 0. The molecule has 5 nitrogen and oxygen atoms in total. The molecule has 0 atom stereocenters. The Morgan fingerprint density at radius 2 is 2.26 bits per heavy atom. The molecule has 2 aromatic rings. The minimum atomic E-state index is -0.0375. The van der Waals surface area contributed by atoms with E-state index >= 15 is 0 Å². The molecular weight excluding hydrogens is 312 g/mol. The summed E-state index contributed by atoms with van der Waals surface area (Å²) in [4.78, 5) is 4.29. The van der Waals surface area contributed by atoms with Gasteiger partial charge >= 0.3 is 0 Å². The molecule has 0 bridgehead atoms. The molecule has 0 spiro atoms. The number of nitrogens with zero attached hydrogens (tertiary/aromatic N) is 2. The second-order valence-corrected chi connectivity index (χ2v) is 5.37. The lowest BCUT2D eigenvalue weighted by atomic mass is 10.2. The van der Waals surface area contributed by atoms with Crippen LogP contribution in [0.25, 0.3) is 0 Å². The third kappa shape index (κ3) is 2.96. The van der Waals surface area contributed by atoms with Crippen LogP contribution in [0.4, 0.5) is 0 Å². The molecule has 0 saturated heterocycles. The van der Waals surface area contributed by atoms with Gasteiger partial charge in [0.1, 0.15) is 5.75 Å². The van der Waals surface area contributed by atoms with E-state index in [9.17, 15) is 5.11 Å². The Balaban J connectivity index is 1.64. The zero-order valence-electron chi connectivity index (χ0n) is 10.2. The molecule has 1 aliphatic carbocycles. The zero-order valence-corrected chi connectivity index (χ0v) is 11.8. The third-order valence-corrected chi connectivity index (χ3v) is 3.75. The summed E-state index contributed by atoms with van der Waals surface area (Å²) in [6, 6.07) is 5.44. The fraction of sp³-hybridized carbons (Fsp3) is 0.385. The van der Waals surface area contributed by atoms with Gasteiger partial charge in [-0.05, 0) is 36.6 Å². The molecule has 1 fully saturated rings. The number of rotatable bonds is 5. The van der Waals surface area contributed by atoms with Gasteiger partial charge in [-0.2, -0.15) is 4.98 Å². The number of hydrogen-bond donors (Lipinski definition) is 1. The maximum absolute atomic E-state index is 9.17. The molecule has 100 valence electrons. The zero-order chi connectivity index (χ0) is 13.2. The van der Waals surface area contributed by atoms with E-state index in [0.29, 0.717) is 17.6 Å². The van der Waals surface area contributed by atoms with Crippen LogP contribution in [0.3, 0.4) is 0 Å². The third-order valence-electron chi connectivity index (χ3n) is 2.98. The average Bonchev–Trinajstić information content (AvgIpc) is 3.17. The van der Waals surface area contributed by atoms with Crippen LogP contribution >= 0.6 is 15.9 Å². The van der Waals surface area contributed by atoms with Crippen LogP contribution in [-0.4, -0.2) is 15.2 Å². The van der Waals surface area contributed by atoms with E-state index in [1.807, 2.05) is 12.1 Å². The van der Waals surface area contributed by atoms with Crippen molar-refractivity contribution in [1.82, 2.24) is 10.1 Å². The molecule has 19 heavy (non-hydrogen) atoms. The van der Waals surface area contributed by atoms with Gasteiger partial charge in [0, 0.05) is 10.4 Å². The predicted molar refractivity (Wildman–Crippen MR) is 70.7 cm³/mol. The van der Waals surface area contributed by atoms with Crippen LogP contribution in [-0.2, 0) is 13.2 Å². The van der Waals surface area contributed by atoms with Crippen LogP contribution in [0.15, 0.2) is 27.2 Å². The number of benzene rings is 1. The van der Waals surface area contributed by atoms with E-state index in [0.717, 1.165) is 28.7 Å². The summed E-state index contributed by atoms with van der Waals surface area (Å²) < 4.78 is 11.6. The van der Waals surface area contributed by atoms with Gasteiger partial charge < -0.3 is 14.4 Å². The molecule has 0 aliphatic heterocycles. The largest absolute Gasteiger partial charge is 0.484 e. The lowest BCUT2D eigenvalue weighted by Gasteiger charge is -2.06. The Labute approximate surface area is 118 Å². The standard InChI is InChI=1S/C13H13BrN2O3/c14-11-4-3-10(5-9(11)6-17)18-7-12-15-13(16-19-12)8-1-2-8/h3-5,8,17H,1-2,6-7H2. The van der Waals surface area contributed by atoms with E-state index < -0.39 is 0 Å². The van der Waals surface area contributed by atoms with E-state index in [1.165, 1.54) is 0 Å². The summed E-state index contributed by atoms with van der Waals surface area (Å²) in [6.07, 6.45) is 2.29. The van der Waals surface area contributed by atoms with Crippen molar-refractivity contribution in [2.75, 3.05) is 0 Å². The lowest BCUT2D eigenvalue weighted by molar-refractivity contribution is 0.240. The molecule has 0 radical (unpaired) electrons. The molecule has 6 heteroatoms. The highest BCUT2D eigenvalue weighted by atomic mass is 79.9. The minimum absolute atomic E-state index is 0.0375. The molecule has 0 amide bonds. The number of aliphatic hydroxyl groups excluding tert-OH is 1. The predicted octanol–water partition coefficient (Wildman–Crippen LogP) is 2.78. The van der Waals surface area contributed by atoms with E-state index in [4.69, 9.17) is 9.26 Å². The highest BCUT2D eigenvalue weighted by Crippen LogP contribution is 2.38. The molecule has 1 heterocycles. The Morgan fingerprint density at radius 3 is 3.00 bits per heavy atom. The van der Waals surface area contributed by atoms with Crippen LogP contribution in [0.2, 0.25) is 0 Å². The van der Waals surface area contributed by atoms with Gasteiger partial charge in [0.25, 0.3) is 5.89 Å². The van der Waals surface area contributed by atoms with Gasteiger partial charge in [-0.1, -0.05) is 21.1 Å². The van der Waals surface area contributed by atoms with Crippen molar-refractivity contribution in [1.29, 1.82) is 0 Å². The maximum atomic E-state index is 9.17. The molecular formula is C13H13BrN2O3. The SMILES string of the molecule is OCc1cc(OCc2nc(C3CC3)no2)ccc1Br. The minimum Gasteiger partial charge on any atom is -0.484 e. The molecule has 1 aliphatic rings. The van der Waals surface area contributed by atoms with Crippen LogP contribution < -0.4 is 4.74 Å². The first-order chi connectivity index (χ1) is 9.26. The molecule has 1 saturated carbocycles. The van der Waals surface area contributed by atoms with Crippen LogP contribution in [0.1, 0.15) is 36.0 Å². The van der Waals surface area contributed by atoms with E-state index in [-0.39, 0.29) is 13.2 Å². The fourth-order valence-corrected chi connectivity index (χ4v) is 2.11. The highest BCUT2D eigenvalue weighted by Gasteiger charge is 2.28. The van der Waals surface area contributed by atoms with Crippen molar-refractivity contribution in [3.05, 3.63) is 40.0 Å². The average molecular weight is 325 g/mol. The Bertz CT molecular complexity index is 581. The van der Waals surface area contributed by atoms with Gasteiger partial charge in [-0.25, -0.2) is 0 Å². The number of aromatic nitrogens is 2. The van der Waals surface area contributed by atoms with Crippen LogP contribution in [0.5, 0.6) is 5.75 Å². The molecule has 1 aromatic heterocycles. The van der Waals surface area contributed by atoms with Crippen molar-refractivity contribution >= 4 is 15.9 Å². The van der Waals surface area contributed by atoms with Crippen molar-refractivity contribution in [3.63, 3.8) is 0 Å². The van der Waals surface area contributed by atoms with Crippen molar-refractivity contribution in [2.45, 2.75) is 32.0 Å². The first-order valence-corrected chi connectivity index (χ1v) is 6.90. The van der Waals surface area contributed by atoms with Crippen LogP contribution in [0, 0.1) is 0 Å². The first-order valence-electron chi connectivity index (χ1n) is 6.11. The summed E-state index contributed by atoms with van der Waals surface area (Å²) in [5.41, 5.74) is 0.779. The highest BCUT2D eigenvalue weighted by molar-refractivity contribution is 9.10. The molecule has 1 N–H and O–H groups in total. The number of aliphatic hydroxyl groups is 1. The van der Waals surface area contributed by atoms with Crippen molar-refractivity contribution < 1.29 is 14.4 Å². The Morgan fingerprint density at radius 1 is 1.42 bits per heavy atom. The Hall–Kier alpha value is -1.40. The van der Waals surface area contributed by atoms with Crippen molar-refractivity contribution in [3.8, 4) is 5.75 Å². The van der Waals surface area contributed by atoms with Gasteiger partial charge in [-0.3, -0.25) is 0 Å². The smallest absolute Gasteiger partial charge is 0.264 e. The van der Waals surface area contributed by atoms with Crippen molar-refractivity contribution in [2.24, 2.45) is 0 Å². The van der Waals surface area contributed by atoms with Gasteiger partial charge in [-0.15, -0.1) is 0 Å². The molecule has 0 unspecified atom stereocenters. The second-order valence-electron chi connectivity index (χ2n) is 4.52. The van der Waals surface area contributed by atoms with Gasteiger partial charge in [0.05, 0.1) is 6.61 Å². The van der Waals surface area contributed by atoms with E-state index in [2.05, 4.69) is 26.1 Å². The molecule has 1 aromatic carbocycles. The first kappa shape index (κ1) is 12.6. The number of hydrogen-bond acceptors (Lipinski definition) is 5. The van der Waals surface area contributed by atoms with Gasteiger partial charge in [0.2, 0.25) is 0 Å². The summed E-state index contributed by atoms with van der Waals surface area (Å²) in [5.74, 6) is 2.41. The summed E-state index contributed by atoms with van der Waals surface area (Å²) in [5, 5.41) is 13.1. The second kappa shape index (κ2) is 5.30. The molecule has 3 rings (SSSR count). The lowest BCUT2D eigenvalue weighted by Crippen LogP contribution is -1.97. The fourth-order valence-electron chi connectivity index (χ4n) is 1.74. The van der Waals surface area contributed by atoms with Gasteiger partial charge in [0.15, 0.2) is 12.4 Å². The summed E-state index contributed by atoms with van der Waals surface area (Å²) in [6.45, 7) is 0.205. The monoisotopic (exact) mass is 324 g/mol. The Kier molecular flexibility index (Phi) is 3.52. The maximum Gasteiger partial charge on any atom is 0.264 e. The normalized spacial score (nSPS) is 14.6.